The van der Waals surface area contributed by atoms with E-state index in [4.69, 9.17) is 4.74 Å². The fourth-order valence-corrected chi connectivity index (χ4v) is 4.64. The number of benzene rings is 2. The van der Waals surface area contributed by atoms with E-state index in [9.17, 15) is 22.4 Å². The minimum atomic E-state index is -3.60. The number of amides is 2. The van der Waals surface area contributed by atoms with E-state index in [1.807, 2.05) is 20.8 Å². The Hall–Kier alpha value is -3.14. The zero-order chi connectivity index (χ0) is 26.9. The number of anilines is 1. The van der Waals surface area contributed by atoms with Crippen molar-refractivity contribution < 1.29 is 27.1 Å². The third-order valence-electron chi connectivity index (χ3n) is 5.48. The number of hydrogen-bond donors (Lipinski definition) is 1. The molecule has 198 valence electrons. The van der Waals surface area contributed by atoms with Gasteiger partial charge in [0.2, 0.25) is 21.8 Å². The molecule has 2 rings (SSSR count). The van der Waals surface area contributed by atoms with E-state index in [0.717, 1.165) is 6.26 Å². The van der Waals surface area contributed by atoms with Gasteiger partial charge in [0.25, 0.3) is 0 Å². The van der Waals surface area contributed by atoms with Crippen molar-refractivity contribution in [3.05, 3.63) is 59.9 Å². The lowest BCUT2D eigenvalue weighted by atomic mass is 10.1. The zero-order valence-electron chi connectivity index (χ0n) is 21.5. The highest BCUT2D eigenvalue weighted by Crippen LogP contribution is 2.23. The van der Waals surface area contributed by atoms with Gasteiger partial charge in [0.05, 0.1) is 18.6 Å². The van der Waals surface area contributed by atoms with E-state index in [1.54, 1.807) is 49.4 Å². The molecule has 0 unspecified atom stereocenters. The Morgan fingerprint density at radius 2 is 1.69 bits per heavy atom. The second-order valence-corrected chi connectivity index (χ2v) is 10.7. The molecular weight excluding hydrogens is 485 g/mol. The monoisotopic (exact) mass is 521 g/mol. The molecule has 0 radical (unpaired) electrons. The highest BCUT2D eigenvalue weighted by atomic mass is 32.2. The average molecular weight is 522 g/mol. The molecule has 0 saturated carbocycles. The molecule has 1 N–H and O–H groups in total. The Bertz CT molecular complexity index is 1120. The van der Waals surface area contributed by atoms with Crippen LogP contribution in [0.1, 0.15) is 46.1 Å². The maximum Gasteiger partial charge on any atom is 0.242 e. The Balaban J connectivity index is 2.16. The highest BCUT2D eigenvalue weighted by Gasteiger charge is 2.27. The van der Waals surface area contributed by atoms with E-state index in [2.05, 4.69) is 5.32 Å². The molecule has 2 aromatic rings. The molecule has 0 bridgehead atoms. The number of sulfonamides is 1. The molecule has 0 spiro atoms. The number of rotatable bonds is 13. The topological polar surface area (TPSA) is 96.0 Å². The second-order valence-electron chi connectivity index (χ2n) is 8.82. The fourth-order valence-electron chi connectivity index (χ4n) is 3.68. The van der Waals surface area contributed by atoms with E-state index < -0.39 is 21.9 Å². The molecule has 0 fully saturated rings. The molecule has 0 aliphatic carbocycles. The summed E-state index contributed by atoms with van der Waals surface area (Å²) in [6.45, 7) is 7.57. The molecule has 2 aromatic carbocycles. The first-order chi connectivity index (χ1) is 16.9. The maximum absolute atomic E-state index is 14.3. The zero-order valence-corrected chi connectivity index (χ0v) is 22.3. The first-order valence-electron chi connectivity index (χ1n) is 12.0. The smallest absolute Gasteiger partial charge is 0.242 e. The summed E-state index contributed by atoms with van der Waals surface area (Å²) in [6, 6.07) is 11.8. The van der Waals surface area contributed by atoms with Gasteiger partial charge in [0.15, 0.2) is 0 Å². The van der Waals surface area contributed by atoms with Crippen LogP contribution >= 0.6 is 0 Å². The minimum absolute atomic E-state index is 0.0171. The van der Waals surface area contributed by atoms with Crippen LogP contribution in [0.4, 0.5) is 10.1 Å². The van der Waals surface area contributed by atoms with Crippen LogP contribution in [0, 0.1) is 5.82 Å². The van der Waals surface area contributed by atoms with Crippen molar-refractivity contribution in [2.75, 3.05) is 23.7 Å². The standard InChI is InChI=1S/C26H36FN3O5S/c1-6-35-23-15-13-22(14-16-23)30(36(5,33)34)17-9-12-25(31)29(20(4)26(32)28-19(2)3)18-21-10-7-8-11-24(21)27/h7-8,10-11,13-16,19-20H,6,9,12,17-18H2,1-5H3,(H,28,32)/t20-/m0/s1. The number of carbonyl (C=O) groups is 2. The Kier molecular flexibility index (Phi) is 10.7. The molecule has 10 heteroatoms. The maximum atomic E-state index is 14.3. The van der Waals surface area contributed by atoms with Gasteiger partial charge < -0.3 is 15.0 Å². The molecule has 2 amide bonds. The Morgan fingerprint density at radius 1 is 1.06 bits per heavy atom. The van der Waals surface area contributed by atoms with Crippen LogP contribution < -0.4 is 14.4 Å². The van der Waals surface area contributed by atoms with Crippen molar-refractivity contribution >= 4 is 27.5 Å². The molecule has 1 atom stereocenters. The lowest BCUT2D eigenvalue weighted by molar-refractivity contribution is -0.140. The quantitative estimate of drug-likeness (QED) is 0.434. The van der Waals surface area contributed by atoms with Gasteiger partial charge in [-0.15, -0.1) is 0 Å². The number of nitrogens with zero attached hydrogens (tertiary/aromatic N) is 2. The van der Waals surface area contributed by atoms with Crippen molar-refractivity contribution in [2.24, 2.45) is 0 Å². The number of carbonyl (C=O) groups excluding carboxylic acids is 2. The summed E-state index contributed by atoms with van der Waals surface area (Å²) in [5, 5.41) is 2.78. The van der Waals surface area contributed by atoms with Gasteiger partial charge in [-0.25, -0.2) is 12.8 Å². The van der Waals surface area contributed by atoms with Crippen molar-refractivity contribution in [1.82, 2.24) is 10.2 Å². The summed E-state index contributed by atoms with van der Waals surface area (Å²) in [7, 11) is -3.60. The Labute approximate surface area is 213 Å². The highest BCUT2D eigenvalue weighted by molar-refractivity contribution is 7.92. The largest absolute Gasteiger partial charge is 0.494 e. The number of ether oxygens (including phenoxy) is 1. The molecular formula is C26H36FN3O5S. The van der Waals surface area contributed by atoms with Gasteiger partial charge in [-0.3, -0.25) is 13.9 Å². The number of hydrogen-bond acceptors (Lipinski definition) is 5. The van der Waals surface area contributed by atoms with Crippen LogP contribution in [0.3, 0.4) is 0 Å². The van der Waals surface area contributed by atoms with Crippen molar-refractivity contribution in [3.63, 3.8) is 0 Å². The van der Waals surface area contributed by atoms with E-state index in [0.29, 0.717) is 23.6 Å². The average Bonchev–Trinajstić information content (AvgIpc) is 2.80. The summed E-state index contributed by atoms with van der Waals surface area (Å²) >= 11 is 0. The van der Waals surface area contributed by atoms with Crippen LogP contribution in [-0.2, 0) is 26.2 Å². The number of nitrogens with one attached hydrogen (secondary N) is 1. The van der Waals surface area contributed by atoms with Crippen LogP contribution in [0.15, 0.2) is 48.5 Å². The molecule has 0 aromatic heterocycles. The van der Waals surface area contributed by atoms with E-state index in [-0.39, 0.29) is 43.8 Å². The van der Waals surface area contributed by atoms with Gasteiger partial charge >= 0.3 is 0 Å². The van der Waals surface area contributed by atoms with Crippen LogP contribution in [0.2, 0.25) is 0 Å². The van der Waals surface area contributed by atoms with Gasteiger partial charge in [-0.1, -0.05) is 18.2 Å². The SMILES string of the molecule is CCOc1ccc(N(CCCC(=O)N(Cc2ccccc2F)[C@@H](C)C(=O)NC(C)C)S(C)(=O)=O)cc1. The van der Waals surface area contributed by atoms with Gasteiger partial charge in [0.1, 0.15) is 17.6 Å². The molecule has 8 nitrogen and oxygen atoms in total. The lowest BCUT2D eigenvalue weighted by Crippen LogP contribution is -2.49. The van der Waals surface area contributed by atoms with E-state index >= 15 is 0 Å². The van der Waals surface area contributed by atoms with Crippen LogP contribution in [0.5, 0.6) is 5.75 Å². The Morgan fingerprint density at radius 3 is 2.25 bits per heavy atom. The molecule has 0 aliphatic rings. The first-order valence-corrected chi connectivity index (χ1v) is 13.8. The lowest BCUT2D eigenvalue weighted by Gasteiger charge is -2.30. The summed E-state index contributed by atoms with van der Waals surface area (Å²) in [6.07, 6.45) is 1.30. The van der Waals surface area contributed by atoms with Gasteiger partial charge in [-0.2, -0.15) is 0 Å². The summed E-state index contributed by atoms with van der Waals surface area (Å²) in [5.41, 5.74) is 0.753. The summed E-state index contributed by atoms with van der Waals surface area (Å²) in [5.74, 6) is -0.556. The van der Waals surface area contributed by atoms with Gasteiger partial charge in [0, 0.05) is 31.1 Å². The normalized spacial score (nSPS) is 12.2. The van der Waals surface area contributed by atoms with Crippen molar-refractivity contribution in [1.29, 1.82) is 0 Å². The van der Waals surface area contributed by atoms with Crippen LogP contribution in [0.25, 0.3) is 0 Å². The predicted octanol–water partition coefficient (Wildman–Crippen LogP) is 3.71. The fraction of sp³-hybridized carbons (Fsp3) is 0.462. The summed E-state index contributed by atoms with van der Waals surface area (Å²) < 4.78 is 45.8. The predicted molar refractivity (Wildman–Crippen MR) is 139 cm³/mol. The molecule has 0 aliphatic heterocycles. The second kappa shape index (κ2) is 13.2. The third-order valence-corrected chi connectivity index (χ3v) is 6.68. The van der Waals surface area contributed by atoms with Crippen LogP contribution in [-0.4, -0.2) is 56.6 Å². The number of halogens is 1. The molecule has 0 heterocycles. The molecule has 36 heavy (non-hydrogen) atoms. The first kappa shape index (κ1) is 29.1. The van der Waals surface area contributed by atoms with Crippen molar-refractivity contribution in [3.8, 4) is 5.75 Å². The van der Waals surface area contributed by atoms with Crippen molar-refractivity contribution in [2.45, 2.75) is 59.2 Å². The molecule has 0 saturated heterocycles. The summed E-state index contributed by atoms with van der Waals surface area (Å²) in [4.78, 5) is 27.2. The third kappa shape index (κ3) is 8.51. The minimum Gasteiger partial charge on any atom is -0.494 e. The van der Waals surface area contributed by atoms with E-state index in [1.165, 1.54) is 15.3 Å². The van der Waals surface area contributed by atoms with Gasteiger partial charge in [-0.05, 0) is 64.4 Å².